The smallest absolute Gasteiger partial charge is 0.251 e. The summed E-state index contributed by atoms with van der Waals surface area (Å²) in [5.41, 5.74) is 9.19. The molecule has 0 bridgehead atoms. The SMILES string of the molecule is CC(C)N1CC2C[C@]2(c2ccc(-c3nc(-c4cc5c(cc4F)C(=O)NCC5)c(N)nc3F)cc2)C1. The zero-order valence-corrected chi connectivity index (χ0v) is 19.7. The zero-order chi connectivity index (χ0) is 24.5. The van der Waals surface area contributed by atoms with Crippen molar-refractivity contribution >= 4 is 11.7 Å². The van der Waals surface area contributed by atoms with Gasteiger partial charge in [-0.1, -0.05) is 24.3 Å². The van der Waals surface area contributed by atoms with Gasteiger partial charge in [-0.2, -0.15) is 9.37 Å². The lowest BCUT2D eigenvalue weighted by Crippen LogP contribution is -2.32. The van der Waals surface area contributed by atoms with Crippen LogP contribution < -0.4 is 11.1 Å². The summed E-state index contributed by atoms with van der Waals surface area (Å²) in [6, 6.07) is 11.1. The molecule has 1 aliphatic carbocycles. The van der Waals surface area contributed by atoms with Crippen molar-refractivity contribution in [2.24, 2.45) is 5.92 Å². The summed E-state index contributed by atoms with van der Waals surface area (Å²) in [4.78, 5) is 22.8. The average Bonchev–Trinajstić information content (AvgIpc) is 3.40. The van der Waals surface area contributed by atoms with Crippen molar-refractivity contribution < 1.29 is 13.6 Å². The Kier molecular flexibility index (Phi) is 4.93. The fraction of sp³-hybridized carbons (Fsp3) is 0.370. The number of nitrogens with zero attached hydrogens (tertiary/aromatic N) is 3. The molecule has 35 heavy (non-hydrogen) atoms. The minimum atomic E-state index is -0.800. The van der Waals surface area contributed by atoms with Gasteiger partial charge >= 0.3 is 0 Å². The summed E-state index contributed by atoms with van der Waals surface area (Å²) in [7, 11) is 0. The van der Waals surface area contributed by atoms with Crippen LogP contribution in [0, 0.1) is 17.7 Å². The fourth-order valence-electron chi connectivity index (χ4n) is 5.75. The van der Waals surface area contributed by atoms with Gasteiger partial charge in [0.1, 0.15) is 17.2 Å². The van der Waals surface area contributed by atoms with E-state index in [2.05, 4.69) is 46.2 Å². The first-order valence-electron chi connectivity index (χ1n) is 12.1. The van der Waals surface area contributed by atoms with Gasteiger partial charge in [0.25, 0.3) is 5.91 Å². The summed E-state index contributed by atoms with van der Waals surface area (Å²) in [5.74, 6) is -1.28. The molecule has 2 aromatic carbocycles. The molecule has 1 amide bonds. The third kappa shape index (κ3) is 3.50. The molecule has 3 N–H and O–H groups in total. The topological polar surface area (TPSA) is 84.1 Å². The number of halogens is 2. The van der Waals surface area contributed by atoms with Gasteiger partial charge in [-0.15, -0.1) is 0 Å². The van der Waals surface area contributed by atoms with Crippen LogP contribution in [0.5, 0.6) is 0 Å². The van der Waals surface area contributed by atoms with Crippen molar-refractivity contribution in [2.45, 2.75) is 38.1 Å². The van der Waals surface area contributed by atoms with Gasteiger partial charge in [0.05, 0.1) is 0 Å². The molecule has 6 rings (SSSR count). The number of rotatable bonds is 4. The predicted octanol–water partition coefficient (Wildman–Crippen LogP) is 3.94. The van der Waals surface area contributed by atoms with Crippen LogP contribution in [0.25, 0.3) is 22.5 Å². The lowest BCUT2D eigenvalue weighted by Gasteiger charge is -2.24. The lowest BCUT2D eigenvalue weighted by molar-refractivity contribution is 0.0945. The fourth-order valence-corrected chi connectivity index (χ4v) is 5.75. The molecule has 2 atom stereocenters. The van der Waals surface area contributed by atoms with E-state index in [-0.39, 0.29) is 34.1 Å². The number of carbonyl (C=O) groups is 1. The maximum Gasteiger partial charge on any atom is 0.251 e. The molecule has 0 spiro atoms. The number of hydrogen-bond donors (Lipinski definition) is 2. The monoisotopic (exact) mass is 475 g/mol. The van der Waals surface area contributed by atoms with Gasteiger partial charge in [-0.25, -0.2) is 9.37 Å². The largest absolute Gasteiger partial charge is 0.382 e. The van der Waals surface area contributed by atoms with Crippen molar-refractivity contribution in [2.75, 3.05) is 25.4 Å². The minimum Gasteiger partial charge on any atom is -0.382 e. The predicted molar refractivity (Wildman–Crippen MR) is 130 cm³/mol. The van der Waals surface area contributed by atoms with Gasteiger partial charge in [-0.3, -0.25) is 9.69 Å². The van der Waals surface area contributed by atoms with Crippen LogP contribution in [0.15, 0.2) is 36.4 Å². The Balaban J connectivity index is 1.35. The summed E-state index contributed by atoms with van der Waals surface area (Å²) in [6.45, 7) is 7.08. The number of hydrogen-bond acceptors (Lipinski definition) is 5. The van der Waals surface area contributed by atoms with Crippen LogP contribution in [0.1, 0.15) is 41.8 Å². The van der Waals surface area contributed by atoms with Crippen molar-refractivity contribution in [1.29, 1.82) is 0 Å². The Morgan fingerprint density at radius 1 is 1.11 bits per heavy atom. The molecule has 1 saturated heterocycles. The maximum absolute atomic E-state index is 15.0. The van der Waals surface area contributed by atoms with Crippen LogP contribution in [0.3, 0.4) is 0 Å². The quantitative estimate of drug-likeness (QED) is 0.597. The highest BCUT2D eigenvalue weighted by Gasteiger charge is 2.60. The maximum atomic E-state index is 15.0. The van der Waals surface area contributed by atoms with Gasteiger partial charge in [0.2, 0.25) is 5.95 Å². The third-order valence-corrected chi connectivity index (χ3v) is 7.89. The highest BCUT2D eigenvalue weighted by Crippen LogP contribution is 2.59. The first-order chi connectivity index (χ1) is 16.8. The number of amides is 1. The summed E-state index contributed by atoms with van der Waals surface area (Å²) in [6.07, 6.45) is 1.75. The Bertz CT molecular complexity index is 1360. The van der Waals surface area contributed by atoms with E-state index in [1.54, 1.807) is 6.07 Å². The van der Waals surface area contributed by atoms with Gasteiger partial charge in [-0.05, 0) is 55.9 Å². The second-order valence-corrected chi connectivity index (χ2v) is 10.2. The van der Waals surface area contributed by atoms with Gasteiger partial charge in [0.15, 0.2) is 5.82 Å². The summed E-state index contributed by atoms with van der Waals surface area (Å²) >= 11 is 0. The molecule has 8 heteroatoms. The first kappa shape index (κ1) is 22.1. The molecule has 2 aliphatic heterocycles. The molecule has 6 nitrogen and oxygen atoms in total. The van der Waals surface area contributed by atoms with E-state index in [0.29, 0.717) is 41.6 Å². The molecule has 1 aromatic heterocycles. The average molecular weight is 476 g/mol. The van der Waals surface area contributed by atoms with E-state index in [9.17, 15) is 9.18 Å². The van der Waals surface area contributed by atoms with E-state index in [0.717, 1.165) is 13.1 Å². The molecule has 0 radical (unpaired) electrons. The number of aromatic nitrogens is 2. The molecule has 1 saturated carbocycles. The standard InChI is InChI=1S/C27H27F2N5O/c1-14(2)34-12-18-11-27(18,13-34)17-5-3-15(4-6-17)22-24(29)33-25(30)23(32-22)20-9-16-7-8-31-26(35)19(16)10-21(20)28/h3-6,9-10,14,18H,7-8,11-13H2,1-2H3,(H2,30,33)(H,31,35)/t18?,27-/m1/s1. The number of nitrogens with one attached hydrogen (secondary N) is 1. The molecule has 3 aliphatic rings. The molecule has 180 valence electrons. The summed E-state index contributed by atoms with van der Waals surface area (Å²) in [5, 5.41) is 2.70. The van der Waals surface area contributed by atoms with E-state index >= 15 is 4.39 Å². The highest BCUT2D eigenvalue weighted by atomic mass is 19.1. The van der Waals surface area contributed by atoms with Crippen molar-refractivity contribution in [3.8, 4) is 22.5 Å². The van der Waals surface area contributed by atoms with E-state index in [1.807, 2.05) is 12.1 Å². The summed E-state index contributed by atoms with van der Waals surface area (Å²) < 4.78 is 29.9. The van der Waals surface area contributed by atoms with E-state index in [1.165, 1.54) is 18.1 Å². The second-order valence-electron chi connectivity index (χ2n) is 10.2. The number of benzene rings is 2. The normalized spacial score (nSPS) is 23.2. The number of fused-ring (bicyclic) bond motifs is 2. The highest BCUT2D eigenvalue weighted by molar-refractivity contribution is 5.97. The molecule has 3 aromatic rings. The van der Waals surface area contributed by atoms with Crippen LogP contribution in [-0.2, 0) is 11.8 Å². The molecular weight excluding hydrogens is 448 g/mol. The Morgan fingerprint density at radius 3 is 2.60 bits per heavy atom. The number of piperidine rings is 1. The molecule has 2 fully saturated rings. The van der Waals surface area contributed by atoms with E-state index < -0.39 is 11.8 Å². The van der Waals surface area contributed by atoms with Crippen molar-refractivity contribution in [3.05, 3.63) is 64.9 Å². The Labute approximate surface area is 202 Å². The van der Waals surface area contributed by atoms with Crippen LogP contribution >= 0.6 is 0 Å². The second kappa shape index (κ2) is 7.81. The van der Waals surface area contributed by atoms with Crippen LogP contribution in [-0.4, -0.2) is 46.5 Å². The van der Waals surface area contributed by atoms with Crippen LogP contribution in [0.4, 0.5) is 14.6 Å². The Morgan fingerprint density at radius 2 is 1.89 bits per heavy atom. The van der Waals surface area contributed by atoms with Gasteiger partial charge in [0, 0.05) is 47.8 Å². The number of anilines is 1. The Hall–Kier alpha value is -3.39. The number of nitrogen functional groups attached to an aromatic ring is 1. The van der Waals surface area contributed by atoms with Crippen molar-refractivity contribution in [3.63, 3.8) is 0 Å². The molecule has 3 heterocycles. The van der Waals surface area contributed by atoms with Crippen LogP contribution in [0.2, 0.25) is 0 Å². The minimum absolute atomic E-state index is 0.0238. The molecular formula is C27H27F2N5O. The third-order valence-electron chi connectivity index (χ3n) is 7.89. The zero-order valence-electron chi connectivity index (χ0n) is 19.7. The lowest BCUT2D eigenvalue weighted by atomic mass is 9.93. The van der Waals surface area contributed by atoms with Gasteiger partial charge < -0.3 is 11.1 Å². The first-order valence-corrected chi connectivity index (χ1v) is 12.1. The molecule has 1 unspecified atom stereocenters. The number of likely N-dealkylation sites (tertiary alicyclic amines) is 1. The number of nitrogens with two attached hydrogens (primary N) is 1. The van der Waals surface area contributed by atoms with E-state index in [4.69, 9.17) is 5.73 Å². The number of carbonyl (C=O) groups excluding carboxylic acids is 1. The van der Waals surface area contributed by atoms with Crippen molar-refractivity contribution in [1.82, 2.24) is 20.2 Å².